The maximum atomic E-state index is 10.5. The summed E-state index contributed by atoms with van der Waals surface area (Å²) in [6.45, 7) is 0. The van der Waals surface area contributed by atoms with E-state index in [1.165, 1.54) is 244 Å². The predicted octanol–water partition coefficient (Wildman–Crippen LogP) is 17.4. The van der Waals surface area contributed by atoms with Crippen molar-refractivity contribution in [2.45, 2.75) is 283 Å². The molecule has 54 heavy (non-hydrogen) atoms. The van der Waals surface area contributed by atoms with E-state index in [-0.39, 0.29) is 0 Å². The second kappa shape index (κ2) is 47.6. The molecule has 0 fully saturated rings. The third-order valence-electron chi connectivity index (χ3n) is 11.3. The summed E-state index contributed by atoms with van der Waals surface area (Å²) in [6, 6.07) is 0. The number of carbonyl (C=O) groups is 2. The molecule has 0 aliphatic carbocycles. The average Bonchev–Trinajstić information content (AvgIpc) is 3.15. The molecule has 0 saturated heterocycles. The Hall–Kier alpha value is -1.58. The average molecular weight is 759 g/mol. The summed E-state index contributed by atoms with van der Waals surface area (Å²) in [5.74, 6) is -1.31. The summed E-state index contributed by atoms with van der Waals surface area (Å²) in [5, 5.41) is 17.3. The first kappa shape index (κ1) is 52.4. The minimum Gasteiger partial charge on any atom is -0.481 e. The van der Waals surface area contributed by atoms with Gasteiger partial charge < -0.3 is 10.2 Å². The fourth-order valence-electron chi connectivity index (χ4n) is 7.73. The Morgan fingerprint density at radius 1 is 0.222 bits per heavy atom. The standard InChI is InChI=1S/C50H94O4/c51-49(52)47-45-43-41-39-37-35-33-31-29-27-25-23-21-19-17-15-13-11-9-7-5-3-1-2-4-6-8-10-12-14-16-18-20-22-24-26-28-30-32-34-36-38-40-42-44-46-48-50(53)54/h23-26H,1-22,27-48H2,(H,51,52)(H,53,54)/b25-23-,26-24-. The fourth-order valence-corrected chi connectivity index (χ4v) is 7.73. The van der Waals surface area contributed by atoms with E-state index < -0.39 is 11.9 Å². The van der Waals surface area contributed by atoms with Gasteiger partial charge in [-0.3, -0.25) is 9.59 Å². The minimum atomic E-state index is -0.656. The quantitative estimate of drug-likeness (QED) is 0.0479. The molecule has 0 unspecified atom stereocenters. The van der Waals surface area contributed by atoms with Gasteiger partial charge in [-0.15, -0.1) is 0 Å². The molecule has 318 valence electrons. The van der Waals surface area contributed by atoms with Crippen LogP contribution in [0.4, 0.5) is 0 Å². The lowest BCUT2D eigenvalue weighted by molar-refractivity contribution is -0.138. The van der Waals surface area contributed by atoms with Crippen molar-refractivity contribution in [2.75, 3.05) is 0 Å². The van der Waals surface area contributed by atoms with Crippen molar-refractivity contribution in [3.63, 3.8) is 0 Å². The van der Waals surface area contributed by atoms with E-state index in [1.807, 2.05) is 0 Å². The lowest BCUT2D eigenvalue weighted by atomic mass is 10.0. The number of unbranched alkanes of at least 4 members (excludes halogenated alkanes) is 39. The van der Waals surface area contributed by atoms with Gasteiger partial charge in [0.25, 0.3) is 0 Å². The first-order valence-corrected chi connectivity index (χ1v) is 24.4. The van der Waals surface area contributed by atoms with Crippen LogP contribution in [0.5, 0.6) is 0 Å². The Kier molecular flexibility index (Phi) is 46.2. The first-order chi connectivity index (χ1) is 26.6. The van der Waals surface area contributed by atoms with Crippen molar-refractivity contribution in [3.8, 4) is 0 Å². The van der Waals surface area contributed by atoms with E-state index in [2.05, 4.69) is 24.3 Å². The summed E-state index contributed by atoms with van der Waals surface area (Å²) in [6.07, 6.45) is 66.3. The Bertz CT molecular complexity index is 736. The van der Waals surface area contributed by atoms with Crippen LogP contribution in [0, 0.1) is 0 Å². The Morgan fingerprint density at radius 3 is 0.500 bits per heavy atom. The molecule has 4 nitrogen and oxygen atoms in total. The summed E-state index contributed by atoms with van der Waals surface area (Å²) in [4.78, 5) is 21.0. The highest BCUT2D eigenvalue weighted by Gasteiger charge is 1.99. The number of allylic oxidation sites excluding steroid dienone is 4. The van der Waals surface area contributed by atoms with Crippen molar-refractivity contribution in [3.05, 3.63) is 24.3 Å². The zero-order valence-corrected chi connectivity index (χ0v) is 36.1. The van der Waals surface area contributed by atoms with E-state index in [0.29, 0.717) is 12.8 Å². The fraction of sp³-hybridized carbons (Fsp3) is 0.880. The molecule has 0 aromatic heterocycles. The van der Waals surface area contributed by atoms with Crippen molar-refractivity contribution >= 4 is 11.9 Å². The van der Waals surface area contributed by atoms with Crippen LogP contribution in [0.1, 0.15) is 283 Å². The molecular formula is C50H94O4. The molecule has 0 aromatic rings. The van der Waals surface area contributed by atoms with E-state index in [0.717, 1.165) is 25.7 Å². The Morgan fingerprint density at radius 2 is 0.352 bits per heavy atom. The van der Waals surface area contributed by atoms with Crippen molar-refractivity contribution in [2.24, 2.45) is 0 Å². The zero-order chi connectivity index (χ0) is 39.1. The molecular weight excluding hydrogens is 665 g/mol. The highest BCUT2D eigenvalue weighted by molar-refractivity contribution is 5.66. The molecule has 0 aliphatic rings. The molecule has 0 aliphatic heterocycles. The van der Waals surface area contributed by atoms with Gasteiger partial charge in [0.05, 0.1) is 0 Å². The van der Waals surface area contributed by atoms with E-state index >= 15 is 0 Å². The van der Waals surface area contributed by atoms with Gasteiger partial charge in [-0.25, -0.2) is 0 Å². The maximum absolute atomic E-state index is 10.5. The van der Waals surface area contributed by atoms with Crippen LogP contribution < -0.4 is 0 Å². The normalized spacial score (nSPS) is 11.8. The Balaban J connectivity index is 3.13. The zero-order valence-electron chi connectivity index (χ0n) is 36.1. The molecule has 0 saturated carbocycles. The van der Waals surface area contributed by atoms with Crippen LogP contribution in [0.2, 0.25) is 0 Å². The van der Waals surface area contributed by atoms with Gasteiger partial charge in [-0.05, 0) is 64.2 Å². The topological polar surface area (TPSA) is 74.6 Å². The van der Waals surface area contributed by atoms with E-state index in [9.17, 15) is 9.59 Å². The van der Waals surface area contributed by atoms with Crippen LogP contribution in [0.3, 0.4) is 0 Å². The molecule has 2 N–H and O–H groups in total. The van der Waals surface area contributed by atoms with Crippen molar-refractivity contribution in [1.29, 1.82) is 0 Å². The monoisotopic (exact) mass is 759 g/mol. The molecule has 0 bridgehead atoms. The number of hydrogen-bond donors (Lipinski definition) is 2. The van der Waals surface area contributed by atoms with Crippen LogP contribution in [0.15, 0.2) is 24.3 Å². The van der Waals surface area contributed by atoms with Crippen LogP contribution in [-0.2, 0) is 9.59 Å². The second-order valence-electron chi connectivity index (χ2n) is 16.8. The number of aliphatic carboxylic acids is 2. The van der Waals surface area contributed by atoms with Gasteiger partial charge in [0.2, 0.25) is 0 Å². The first-order valence-electron chi connectivity index (χ1n) is 24.4. The molecule has 0 aromatic carbocycles. The number of carboxylic acids is 2. The van der Waals surface area contributed by atoms with Gasteiger partial charge in [0.1, 0.15) is 0 Å². The van der Waals surface area contributed by atoms with Gasteiger partial charge in [-0.1, -0.05) is 230 Å². The molecule has 0 radical (unpaired) electrons. The van der Waals surface area contributed by atoms with E-state index in [4.69, 9.17) is 10.2 Å². The molecule has 0 spiro atoms. The van der Waals surface area contributed by atoms with E-state index in [1.54, 1.807) is 0 Å². The third kappa shape index (κ3) is 50.4. The summed E-state index contributed by atoms with van der Waals surface area (Å²) < 4.78 is 0. The Labute approximate surface area is 337 Å². The summed E-state index contributed by atoms with van der Waals surface area (Å²) in [7, 11) is 0. The SMILES string of the molecule is O=C(O)CCCCCCCCCCC/C=C\CCCCCCCCCCCCCCCCCCCCCC/C=C\CCCCCCCCCCCC(=O)O. The van der Waals surface area contributed by atoms with Gasteiger partial charge in [-0.2, -0.15) is 0 Å². The third-order valence-corrected chi connectivity index (χ3v) is 11.3. The summed E-state index contributed by atoms with van der Waals surface area (Å²) >= 11 is 0. The lowest BCUT2D eigenvalue weighted by Crippen LogP contribution is -1.93. The molecule has 0 amide bonds. The van der Waals surface area contributed by atoms with Gasteiger partial charge >= 0.3 is 11.9 Å². The van der Waals surface area contributed by atoms with Crippen LogP contribution in [-0.4, -0.2) is 22.2 Å². The molecule has 0 heterocycles. The highest BCUT2D eigenvalue weighted by Crippen LogP contribution is 2.17. The minimum absolute atomic E-state index is 0.336. The van der Waals surface area contributed by atoms with Crippen molar-refractivity contribution in [1.82, 2.24) is 0 Å². The van der Waals surface area contributed by atoms with Gasteiger partial charge in [0, 0.05) is 12.8 Å². The second-order valence-corrected chi connectivity index (χ2v) is 16.8. The number of hydrogen-bond acceptors (Lipinski definition) is 2. The predicted molar refractivity (Wildman–Crippen MR) is 237 cm³/mol. The maximum Gasteiger partial charge on any atom is 0.303 e. The summed E-state index contributed by atoms with van der Waals surface area (Å²) in [5.41, 5.74) is 0. The molecule has 0 atom stereocenters. The lowest BCUT2D eigenvalue weighted by Gasteiger charge is -2.04. The van der Waals surface area contributed by atoms with Gasteiger partial charge in [0.15, 0.2) is 0 Å². The molecule has 0 rings (SSSR count). The van der Waals surface area contributed by atoms with Crippen LogP contribution in [0.25, 0.3) is 0 Å². The largest absolute Gasteiger partial charge is 0.481 e. The molecule has 4 heteroatoms. The van der Waals surface area contributed by atoms with Crippen molar-refractivity contribution < 1.29 is 19.8 Å². The highest BCUT2D eigenvalue weighted by atomic mass is 16.4. The number of rotatable bonds is 47. The smallest absolute Gasteiger partial charge is 0.303 e. The van der Waals surface area contributed by atoms with Crippen LogP contribution >= 0.6 is 0 Å². The number of carboxylic acid groups (broad SMARTS) is 2.